The summed E-state index contributed by atoms with van der Waals surface area (Å²) in [7, 11) is 0. The van der Waals surface area contributed by atoms with Crippen LogP contribution < -0.4 is 4.74 Å². The first-order valence-corrected chi connectivity index (χ1v) is 6.28. The molecule has 0 aliphatic carbocycles. The molecule has 2 aromatic rings. The predicted molar refractivity (Wildman–Crippen MR) is 69.6 cm³/mol. The van der Waals surface area contributed by atoms with E-state index in [0.717, 1.165) is 13.0 Å². The summed E-state index contributed by atoms with van der Waals surface area (Å²) in [5.74, 6) is 0.610. The largest absolute Gasteiger partial charge is 0.454 e. The van der Waals surface area contributed by atoms with Gasteiger partial charge in [0.25, 0.3) is 0 Å². The maximum absolute atomic E-state index is 13.2. The Hall–Kier alpha value is -1.88. The lowest BCUT2D eigenvalue weighted by Crippen LogP contribution is -1.97. The average molecular weight is 264 g/mol. The van der Waals surface area contributed by atoms with Crippen molar-refractivity contribution in [3.05, 3.63) is 42.0 Å². The summed E-state index contributed by atoms with van der Waals surface area (Å²) in [6, 6.07) is 4.09. The lowest BCUT2D eigenvalue weighted by molar-refractivity contribution is 0.195. The van der Waals surface area contributed by atoms with Gasteiger partial charge in [0.2, 0.25) is 0 Å². The zero-order valence-corrected chi connectivity index (χ0v) is 11.0. The maximum atomic E-state index is 13.2. The minimum Gasteiger partial charge on any atom is -0.454 e. The topological polar surface area (TPSA) is 47.3 Å². The molecule has 0 saturated heterocycles. The SMILES string of the molecule is CCCn1cc(Oc2ccc(F)cc2[C@@H](C)O)cn1. The van der Waals surface area contributed by atoms with E-state index in [1.54, 1.807) is 24.0 Å². The van der Waals surface area contributed by atoms with Crippen molar-refractivity contribution < 1.29 is 14.2 Å². The van der Waals surface area contributed by atoms with Crippen molar-refractivity contribution in [1.82, 2.24) is 9.78 Å². The molecule has 1 aromatic carbocycles. The lowest BCUT2D eigenvalue weighted by Gasteiger charge is -2.11. The Kier molecular flexibility index (Phi) is 4.16. The van der Waals surface area contributed by atoms with Crippen LogP contribution >= 0.6 is 0 Å². The van der Waals surface area contributed by atoms with Crippen molar-refractivity contribution in [2.45, 2.75) is 32.9 Å². The summed E-state index contributed by atoms with van der Waals surface area (Å²) in [5.41, 5.74) is 0.420. The standard InChI is InChI=1S/C14H17FN2O2/c1-3-6-17-9-12(8-16-17)19-14-5-4-11(15)7-13(14)10(2)18/h4-5,7-10,18H,3,6H2,1-2H3/t10-/m1/s1. The lowest BCUT2D eigenvalue weighted by atomic mass is 10.1. The second-order valence-corrected chi connectivity index (χ2v) is 4.40. The maximum Gasteiger partial charge on any atom is 0.165 e. The van der Waals surface area contributed by atoms with Crippen molar-refractivity contribution in [2.24, 2.45) is 0 Å². The molecule has 0 amide bonds. The Labute approximate surface area is 111 Å². The first-order valence-electron chi connectivity index (χ1n) is 6.28. The smallest absolute Gasteiger partial charge is 0.165 e. The van der Waals surface area contributed by atoms with E-state index in [4.69, 9.17) is 4.74 Å². The fraction of sp³-hybridized carbons (Fsp3) is 0.357. The second kappa shape index (κ2) is 5.84. The van der Waals surface area contributed by atoms with E-state index < -0.39 is 11.9 Å². The highest BCUT2D eigenvalue weighted by atomic mass is 19.1. The minimum atomic E-state index is -0.795. The van der Waals surface area contributed by atoms with Gasteiger partial charge in [0, 0.05) is 12.1 Å². The number of nitrogens with zero attached hydrogens (tertiary/aromatic N) is 2. The summed E-state index contributed by atoms with van der Waals surface area (Å²) in [4.78, 5) is 0. The summed E-state index contributed by atoms with van der Waals surface area (Å²) < 4.78 is 20.6. The van der Waals surface area contributed by atoms with Crippen LogP contribution in [0.1, 0.15) is 31.9 Å². The first kappa shape index (κ1) is 13.5. The van der Waals surface area contributed by atoms with Crippen LogP contribution in [0.15, 0.2) is 30.6 Å². The molecule has 1 heterocycles. The summed E-state index contributed by atoms with van der Waals surface area (Å²) in [6.45, 7) is 4.45. The summed E-state index contributed by atoms with van der Waals surface area (Å²) >= 11 is 0. The number of ether oxygens (including phenoxy) is 1. The number of benzene rings is 1. The zero-order chi connectivity index (χ0) is 13.8. The van der Waals surface area contributed by atoms with Gasteiger partial charge in [-0.15, -0.1) is 0 Å². The van der Waals surface area contributed by atoms with Gasteiger partial charge in [0.05, 0.1) is 18.5 Å². The minimum absolute atomic E-state index is 0.398. The van der Waals surface area contributed by atoms with E-state index in [1.807, 2.05) is 0 Å². The van der Waals surface area contributed by atoms with Crippen molar-refractivity contribution in [1.29, 1.82) is 0 Å². The predicted octanol–water partition coefficient (Wildman–Crippen LogP) is 3.28. The summed E-state index contributed by atoms with van der Waals surface area (Å²) in [5, 5.41) is 13.8. The monoisotopic (exact) mass is 264 g/mol. The highest BCUT2D eigenvalue weighted by molar-refractivity contribution is 5.38. The van der Waals surface area contributed by atoms with Gasteiger partial charge < -0.3 is 9.84 Å². The molecular formula is C14H17FN2O2. The molecule has 0 bridgehead atoms. The van der Waals surface area contributed by atoms with Gasteiger partial charge in [-0.05, 0) is 31.5 Å². The van der Waals surface area contributed by atoms with Crippen LogP contribution in [0.4, 0.5) is 4.39 Å². The number of aromatic nitrogens is 2. The highest BCUT2D eigenvalue weighted by Gasteiger charge is 2.12. The molecule has 5 heteroatoms. The number of hydrogen-bond donors (Lipinski definition) is 1. The van der Waals surface area contributed by atoms with Crippen LogP contribution in [0, 0.1) is 5.82 Å². The third-order valence-corrected chi connectivity index (χ3v) is 2.71. The molecule has 102 valence electrons. The summed E-state index contributed by atoms with van der Waals surface area (Å²) in [6.07, 6.45) is 3.57. The number of rotatable bonds is 5. The Morgan fingerprint density at radius 2 is 2.26 bits per heavy atom. The van der Waals surface area contributed by atoms with Crippen LogP contribution in [-0.4, -0.2) is 14.9 Å². The van der Waals surface area contributed by atoms with E-state index in [1.165, 1.54) is 18.2 Å². The van der Waals surface area contributed by atoms with Crippen molar-refractivity contribution in [2.75, 3.05) is 0 Å². The van der Waals surface area contributed by atoms with E-state index in [0.29, 0.717) is 17.1 Å². The van der Waals surface area contributed by atoms with E-state index in [9.17, 15) is 9.50 Å². The number of halogens is 1. The van der Waals surface area contributed by atoms with Crippen LogP contribution in [-0.2, 0) is 6.54 Å². The zero-order valence-electron chi connectivity index (χ0n) is 11.0. The molecule has 0 fully saturated rings. The van der Waals surface area contributed by atoms with Gasteiger partial charge in [-0.25, -0.2) is 4.39 Å². The molecule has 0 unspecified atom stereocenters. The van der Waals surface area contributed by atoms with Gasteiger partial charge in [-0.2, -0.15) is 5.10 Å². The van der Waals surface area contributed by atoms with Crippen molar-refractivity contribution in [3.8, 4) is 11.5 Å². The van der Waals surface area contributed by atoms with Gasteiger partial charge in [0.15, 0.2) is 5.75 Å². The van der Waals surface area contributed by atoms with Crippen LogP contribution in [0.25, 0.3) is 0 Å². The highest BCUT2D eigenvalue weighted by Crippen LogP contribution is 2.30. The molecular weight excluding hydrogens is 247 g/mol. The Morgan fingerprint density at radius 3 is 2.95 bits per heavy atom. The fourth-order valence-electron chi connectivity index (χ4n) is 1.81. The molecule has 0 aliphatic heterocycles. The number of aliphatic hydroxyl groups is 1. The molecule has 0 spiro atoms. The fourth-order valence-corrected chi connectivity index (χ4v) is 1.81. The van der Waals surface area contributed by atoms with E-state index >= 15 is 0 Å². The molecule has 0 aliphatic rings. The number of aryl methyl sites for hydroxylation is 1. The Balaban J connectivity index is 2.22. The average Bonchev–Trinajstić information content (AvgIpc) is 2.79. The number of hydrogen-bond acceptors (Lipinski definition) is 3. The second-order valence-electron chi connectivity index (χ2n) is 4.40. The Bertz CT molecular complexity index is 552. The van der Waals surface area contributed by atoms with Gasteiger partial charge >= 0.3 is 0 Å². The molecule has 0 saturated carbocycles. The van der Waals surface area contributed by atoms with Crippen LogP contribution in [0.5, 0.6) is 11.5 Å². The number of aliphatic hydroxyl groups excluding tert-OH is 1. The molecule has 4 nitrogen and oxygen atoms in total. The van der Waals surface area contributed by atoms with Gasteiger partial charge in [0.1, 0.15) is 11.6 Å². The molecule has 1 N–H and O–H groups in total. The first-order chi connectivity index (χ1) is 9.10. The Morgan fingerprint density at radius 1 is 1.47 bits per heavy atom. The van der Waals surface area contributed by atoms with E-state index in [-0.39, 0.29) is 0 Å². The van der Waals surface area contributed by atoms with Crippen LogP contribution in [0.2, 0.25) is 0 Å². The van der Waals surface area contributed by atoms with E-state index in [2.05, 4.69) is 12.0 Å². The molecule has 2 rings (SSSR count). The molecule has 0 radical (unpaired) electrons. The normalized spacial score (nSPS) is 12.4. The van der Waals surface area contributed by atoms with Crippen molar-refractivity contribution >= 4 is 0 Å². The quantitative estimate of drug-likeness (QED) is 0.901. The third kappa shape index (κ3) is 3.32. The molecule has 1 aromatic heterocycles. The van der Waals surface area contributed by atoms with Crippen molar-refractivity contribution in [3.63, 3.8) is 0 Å². The molecule has 1 atom stereocenters. The van der Waals surface area contributed by atoms with Crippen LogP contribution in [0.3, 0.4) is 0 Å². The van der Waals surface area contributed by atoms with Gasteiger partial charge in [-0.3, -0.25) is 4.68 Å². The third-order valence-electron chi connectivity index (χ3n) is 2.71. The van der Waals surface area contributed by atoms with Gasteiger partial charge in [-0.1, -0.05) is 6.92 Å². The molecule has 19 heavy (non-hydrogen) atoms.